The first kappa shape index (κ1) is 8.99. The molecule has 0 aromatic carbocycles. The lowest BCUT2D eigenvalue weighted by atomic mass is 9.74. The van der Waals surface area contributed by atoms with Crippen LogP contribution in [0.15, 0.2) is 24.4 Å². The second-order valence-corrected chi connectivity index (χ2v) is 3.58. The summed E-state index contributed by atoms with van der Waals surface area (Å²) in [6, 6.07) is 5.58. The number of nitrogens with zero attached hydrogens (tertiary/aromatic N) is 1. The highest BCUT2D eigenvalue weighted by Gasteiger charge is 2.41. The lowest BCUT2D eigenvalue weighted by Crippen LogP contribution is -2.50. The molecule has 1 amide bonds. The molecule has 74 valence electrons. The van der Waals surface area contributed by atoms with E-state index in [0.29, 0.717) is 0 Å². The number of hydrogen-bond acceptors (Lipinski definition) is 2. The summed E-state index contributed by atoms with van der Waals surface area (Å²) < 4.78 is 0. The second-order valence-electron chi connectivity index (χ2n) is 3.58. The van der Waals surface area contributed by atoms with Gasteiger partial charge in [-0.3, -0.25) is 4.98 Å². The van der Waals surface area contributed by atoms with Crippen molar-refractivity contribution in [2.75, 3.05) is 0 Å². The zero-order valence-electron chi connectivity index (χ0n) is 7.73. The monoisotopic (exact) mass is 192 g/mol. The molecule has 4 nitrogen and oxygen atoms in total. The van der Waals surface area contributed by atoms with Crippen LogP contribution in [0.1, 0.15) is 25.0 Å². The first-order valence-corrected chi connectivity index (χ1v) is 4.66. The van der Waals surface area contributed by atoms with Crippen LogP contribution in [0, 0.1) is 0 Å². The molecule has 1 aliphatic rings. The van der Waals surface area contributed by atoms with E-state index in [1.807, 2.05) is 18.2 Å². The number of hydrogen-bond donors (Lipinski definition) is 2. The summed E-state index contributed by atoms with van der Waals surface area (Å²) in [6.45, 7) is 0. The molecule has 1 saturated carbocycles. The minimum Gasteiger partial charge on any atom is -0.465 e. The molecule has 2 rings (SSSR count). The van der Waals surface area contributed by atoms with E-state index in [0.717, 1.165) is 25.0 Å². The van der Waals surface area contributed by atoms with Crippen LogP contribution in [-0.4, -0.2) is 16.2 Å². The van der Waals surface area contributed by atoms with E-state index in [2.05, 4.69) is 10.3 Å². The number of rotatable bonds is 2. The molecule has 1 aromatic heterocycles. The minimum absolute atomic E-state index is 0.424. The highest BCUT2D eigenvalue weighted by atomic mass is 16.4. The Morgan fingerprint density at radius 3 is 2.71 bits per heavy atom. The predicted octanol–water partition coefficient (Wildman–Crippen LogP) is 1.73. The number of carbonyl (C=O) groups is 1. The maximum Gasteiger partial charge on any atom is 0.405 e. The summed E-state index contributed by atoms with van der Waals surface area (Å²) >= 11 is 0. The fourth-order valence-corrected chi connectivity index (χ4v) is 1.83. The molecule has 14 heavy (non-hydrogen) atoms. The van der Waals surface area contributed by atoms with Crippen molar-refractivity contribution in [3.05, 3.63) is 30.1 Å². The Bertz CT molecular complexity index is 333. The van der Waals surface area contributed by atoms with Crippen molar-refractivity contribution in [2.24, 2.45) is 0 Å². The van der Waals surface area contributed by atoms with Gasteiger partial charge >= 0.3 is 6.09 Å². The van der Waals surface area contributed by atoms with E-state index in [4.69, 9.17) is 5.11 Å². The molecule has 1 heterocycles. The Hall–Kier alpha value is -1.58. The Morgan fingerprint density at radius 1 is 1.50 bits per heavy atom. The van der Waals surface area contributed by atoms with Crippen LogP contribution in [0.5, 0.6) is 0 Å². The first-order chi connectivity index (χ1) is 6.73. The van der Waals surface area contributed by atoms with E-state index in [9.17, 15) is 4.79 Å². The Morgan fingerprint density at radius 2 is 2.29 bits per heavy atom. The van der Waals surface area contributed by atoms with E-state index >= 15 is 0 Å². The lowest BCUT2D eigenvalue weighted by molar-refractivity contribution is 0.141. The molecule has 0 bridgehead atoms. The Kier molecular flexibility index (Phi) is 2.11. The largest absolute Gasteiger partial charge is 0.465 e. The highest BCUT2D eigenvalue weighted by Crippen LogP contribution is 2.39. The normalized spacial score (nSPS) is 18.3. The van der Waals surface area contributed by atoms with E-state index in [1.165, 1.54) is 0 Å². The number of amides is 1. The van der Waals surface area contributed by atoms with Gasteiger partial charge in [0, 0.05) is 6.20 Å². The lowest BCUT2D eigenvalue weighted by Gasteiger charge is -2.40. The molecule has 0 saturated heterocycles. The summed E-state index contributed by atoms with van der Waals surface area (Å²) in [4.78, 5) is 14.8. The van der Waals surface area contributed by atoms with Gasteiger partial charge in [-0.25, -0.2) is 4.79 Å². The number of aromatic nitrogens is 1. The summed E-state index contributed by atoms with van der Waals surface area (Å²) in [5, 5.41) is 11.3. The van der Waals surface area contributed by atoms with Gasteiger partial charge in [0.05, 0.1) is 11.2 Å². The first-order valence-electron chi connectivity index (χ1n) is 4.66. The van der Waals surface area contributed by atoms with Gasteiger partial charge in [-0.2, -0.15) is 0 Å². The third-order valence-electron chi connectivity index (χ3n) is 2.71. The summed E-state index contributed by atoms with van der Waals surface area (Å²) in [6.07, 6.45) is 3.46. The van der Waals surface area contributed by atoms with Gasteiger partial charge in [-0.15, -0.1) is 0 Å². The smallest absolute Gasteiger partial charge is 0.405 e. The molecule has 4 heteroatoms. The Balaban J connectivity index is 2.25. The van der Waals surface area contributed by atoms with Crippen molar-refractivity contribution in [1.29, 1.82) is 0 Å². The van der Waals surface area contributed by atoms with Crippen LogP contribution < -0.4 is 5.32 Å². The fraction of sp³-hybridized carbons (Fsp3) is 0.400. The Labute approximate surface area is 82.0 Å². The summed E-state index contributed by atoms with van der Waals surface area (Å²) in [7, 11) is 0. The SMILES string of the molecule is O=C(O)NC1(c2ccccn2)CCC1. The summed E-state index contributed by atoms with van der Waals surface area (Å²) in [5.41, 5.74) is 0.404. The maximum absolute atomic E-state index is 10.6. The van der Waals surface area contributed by atoms with Gasteiger partial charge in [-0.1, -0.05) is 6.07 Å². The summed E-state index contributed by atoms with van der Waals surface area (Å²) in [5.74, 6) is 0. The van der Waals surface area contributed by atoms with Crippen LogP contribution in [-0.2, 0) is 5.54 Å². The van der Waals surface area contributed by atoms with Crippen LogP contribution in [0.2, 0.25) is 0 Å². The second kappa shape index (κ2) is 3.29. The molecular formula is C10H12N2O2. The highest BCUT2D eigenvalue weighted by molar-refractivity contribution is 5.66. The van der Waals surface area contributed by atoms with Crippen LogP contribution >= 0.6 is 0 Å². The molecule has 1 fully saturated rings. The quantitative estimate of drug-likeness (QED) is 0.750. The zero-order valence-corrected chi connectivity index (χ0v) is 7.73. The predicted molar refractivity (Wildman–Crippen MR) is 50.9 cm³/mol. The number of nitrogens with one attached hydrogen (secondary N) is 1. The maximum atomic E-state index is 10.6. The van der Waals surface area contributed by atoms with Crippen molar-refractivity contribution in [2.45, 2.75) is 24.8 Å². The molecule has 1 aliphatic carbocycles. The van der Waals surface area contributed by atoms with Crippen molar-refractivity contribution in [1.82, 2.24) is 10.3 Å². The van der Waals surface area contributed by atoms with Gasteiger partial charge in [0.1, 0.15) is 0 Å². The topological polar surface area (TPSA) is 62.2 Å². The standard InChI is InChI=1S/C10H12N2O2/c13-9(14)12-10(5-3-6-10)8-4-1-2-7-11-8/h1-2,4,7,12H,3,5-6H2,(H,13,14). The minimum atomic E-state index is -0.977. The zero-order chi connectivity index (χ0) is 10.0. The van der Waals surface area contributed by atoms with Crippen LogP contribution in [0.4, 0.5) is 4.79 Å². The van der Waals surface area contributed by atoms with Gasteiger partial charge < -0.3 is 10.4 Å². The van der Waals surface area contributed by atoms with Crippen molar-refractivity contribution < 1.29 is 9.90 Å². The van der Waals surface area contributed by atoms with Crippen molar-refractivity contribution in [3.63, 3.8) is 0 Å². The van der Waals surface area contributed by atoms with Crippen LogP contribution in [0.25, 0.3) is 0 Å². The van der Waals surface area contributed by atoms with E-state index in [1.54, 1.807) is 6.20 Å². The molecule has 0 atom stereocenters. The molecule has 0 aliphatic heterocycles. The molecule has 0 radical (unpaired) electrons. The third-order valence-corrected chi connectivity index (χ3v) is 2.71. The van der Waals surface area contributed by atoms with Gasteiger partial charge in [0.2, 0.25) is 0 Å². The van der Waals surface area contributed by atoms with E-state index < -0.39 is 11.6 Å². The molecule has 0 spiro atoms. The van der Waals surface area contributed by atoms with Gasteiger partial charge in [0.15, 0.2) is 0 Å². The van der Waals surface area contributed by atoms with Gasteiger partial charge in [0.25, 0.3) is 0 Å². The molecule has 2 N–H and O–H groups in total. The third kappa shape index (κ3) is 1.43. The average Bonchev–Trinajstić information content (AvgIpc) is 2.12. The average molecular weight is 192 g/mol. The number of pyridine rings is 1. The van der Waals surface area contributed by atoms with Gasteiger partial charge in [-0.05, 0) is 31.4 Å². The molecular weight excluding hydrogens is 180 g/mol. The van der Waals surface area contributed by atoms with Crippen molar-refractivity contribution in [3.8, 4) is 0 Å². The van der Waals surface area contributed by atoms with Crippen molar-refractivity contribution >= 4 is 6.09 Å². The molecule has 1 aromatic rings. The van der Waals surface area contributed by atoms with E-state index in [-0.39, 0.29) is 0 Å². The van der Waals surface area contributed by atoms with Crippen LogP contribution in [0.3, 0.4) is 0 Å². The molecule has 0 unspecified atom stereocenters. The number of carboxylic acid groups (broad SMARTS) is 1. The fourth-order valence-electron chi connectivity index (χ4n) is 1.83.